The van der Waals surface area contributed by atoms with Gasteiger partial charge in [0.2, 0.25) is 17.6 Å². The molecule has 1 atom stereocenters. The van der Waals surface area contributed by atoms with Gasteiger partial charge in [-0.1, -0.05) is 18.5 Å². The van der Waals surface area contributed by atoms with Crippen molar-refractivity contribution in [2.45, 2.75) is 51.5 Å². The van der Waals surface area contributed by atoms with Crippen molar-refractivity contribution in [2.24, 2.45) is 0 Å². The Bertz CT molecular complexity index is 653. The molecule has 0 aliphatic carbocycles. The van der Waals surface area contributed by atoms with E-state index in [9.17, 15) is 4.79 Å². The number of piperidine rings is 1. The highest BCUT2D eigenvalue weighted by Gasteiger charge is 2.20. The molecular formula is C18H26N4O3. The first-order valence-corrected chi connectivity index (χ1v) is 9.13. The predicted molar refractivity (Wildman–Crippen MR) is 92.8 cm³/mol. The van der Waals surface area contributed by atoms with E-state index < -0.39 is 0 Å². The molecule has 2 aromatic heterocycles. The fourth-order valence-corrected chi connectivity index (χ4v) is 3.33. The Balaban J connectivity index is 1.37. The number of likely N-dealkylation sites (tertiary alicyclic amines) is 1. The summed E-state index contributed by atoms with van der Waals surface area (Å²) in [5.74, 6) is 1.44. The molecule has 1 fully saturated rings. The maximum Gasteiger partial charge on any atom is 0.238 e. The van der Waals surface area contributed by atoms with Crippen LogP contribution in [0.5, 0.6) is 0 Å². The summed E-state index contributed by atoms with van der Waals surface area (Å²) in [5, 5.41) is 6.85. The Morgan fingerprint density at radius 2 is 2.36 bits per heavy atom. The zero-order valence-corrected chi connectivity index (χ0v) is 14.7. The summed E-state index contributed by atoms with van der Waals surface area (Å²) in [4.78, 5) is 18.7. The molecule has 136 valence electrons. The van der Waals surface area contributed by atoms with E-state index in [1.54, 1.807) is 18.4 Å². The molecule has 0 spiro atoms. The number of nitrogens with one attached hydrogen (secondary N) is 1. The van der Waals surface area contributed by atoms with Crippen LogP contribution in [0.1, 0.15) is 44.9 Å². The second-order valence-electron chi connectivity index (χ2n) is 6.43. The molecule has 1 N–H and O–H groups in total. The second kappa shape index (κ2) is 8.80. The molecule has 0 aromatic carbocycles. The van der Waals surface area contributed by atoms with Crippen molar-refractivity contribution in [3.05, 3.63) is 24.3 Å². The van der Waals surface area contributed by atoms with Gasteiger partial charge in [0.1, 0.15) is 0 Å². The molecular weight excluding hydrogens is 320 g/mol. The van der Waals surface area contributed by atoms with E-state index in [0.717, 1.165) is 13.1 Å². The first-order chi connectivity index (χ1) is 12.3. The van der Waals surface area contributed by atoms with E-state index in [1.807, 2.05) is 0 Å². The van der Waals surface area contributed by atoms with Crippen LogP contribution in [0.3, 0.4) is 0 Å². The lowest BCUT2D eigenvalue weighted by molar-refractivity contribution is -0.121. The fourth-order valence-electron chi connectivity index (χ4n) is 3.33. The van der Waals surface area contributed by atoms with Gasteiger partial charge in [0, 0.05) is 32.0 Å². The number of aryl methyl sites for hydroxylation is 1. The van der Waals surface area contributed by atoms with Crippen LogP contribution in [-0.2, 0) is 11.2 Å². The predicted octanol–water partition coefficient (Wildman–Crippen LogP) is 2.64. The topological polar surface area (TPSA) is 84.4 Å². The number of nitrogens with zero attached hydrogens (tertiary/aromatic N) is 3. The van der Waals surface area contributed by atoms with Gasteiger partial charge >= 0.3 is 0 Å². The van der Waals surface area contributed by atoms with Crippen LogP contribution in [0.4, 0.5) is 0 Å². The molecule has 7 nitrogen and oxygen atoms in total. The highest BCUT2D eigenvalue weighted by atomic mass is 16.5. The van der Waals surface area contributed by atoms with Gasteiger partial charge in [-0.05, 0) is 37.9 Å². The lowest BCUT2D eigenvalue weighted by Crippen LogP contribution is -2.43. The Labute approximate surface area is 147 Å². The molecule has 0 radical (unpaired) electrons. The van der Waals surface area contributed by atoms with Crippen LogP contribution in [0, 0.1) is 0 Å². The van der Waals surface area contributed by atoms with E-state index in [2.05, 4.69) is 27.3 Å². The van der Waals surface area contributed by atoms with Gasteiger partial charge in [-0.25, -0.2) is 0 Å². The number of rotatable bonds is 8. The monoisotopic (exact) mass is 346 g/mol. The van der Waals surface area contributed by atoms with E-state index in [0.29, 0.717) is 42.9 Å². The van der Waals surface area contributed by atoms with E-state index in [-0.39, 0.29) is 5.91 Å². The van der Waals surface area contributed by atoms with E-state index >= 15 is 0 Å². The van der Waals surface area contributed by atoms with Crippen molar-refractivity contribution in [3.63, 3.8) is 0 Å². The van der Waals surface area contributed by atoms with Crippen molar-refractivity contribution < 1.29 is 13.7 Å². The van der Waals surface area contributed by atoms with Gasteiger partial charge in [0.05, 0.1) is 6.26 Å². The fraction of sp³-hybridized carbons (Fsp3) is 0.611. The summed E-state index contributed by atoms with van der Waals surface area (Å²) in [5.41, 5.74) is 0. The number of carbonyl (C=O) groups excluding carboxylic acids is 1. The SMILES string of the molecule is CC[C@H]1CCCCN1CCNC(=O)CCc1nc(-c2ccco2)no1. The van der Waals surface area contributed by atoms with Gasteiger partial charge in [-0.2, -0.15) is 4.98 Å². The van der Waals surface area contributed by atoms with Crippen LogP contribution < -0.4 is 5.32 Å². The summed E-state index contributed by atoms with van der Waals surface area (Å²) in [6.07, 6.45) is 7.38. The quantitative estimate of drug-likeness (QED) is 0.791. The maximum absolute atomic E-state index is 12.0. The summed E-state index contributed by atoms with van der Waals surface area (Å²) in [7, 11) is 0. The Morgan fingerprint density at radius 3 is 3.16 bits per heavy atom. The summed E-state index contributed by atoms with van der Waals surface area (Å²) >= 11 is 0. The maximum atomic E-state index is 12.0. The molecule has 7 heteroatoms. The average molecular weight is 346 g/mol. The minimum absolute atomic E-state index is 0.0165. The standard InChI is InChI=1S/C18H26N4O3/c1-2-14-6-3-4-11-22(14)12-10-19-16(23)8-9-17-20-18(21-25-17)15-7-5-13-24-15/h5,7,13-14H,2-4,6,8-12H2,1H3,(H,19,23)/t14-/m0/s1. The highest BCUT2D eigenvalue weighted by Crippen LogP contribution is 2.18. The van der Waals surface area contributed by atoms with Crippen LogP contribution >= 0.6 is 0 Å². The summed E-state index contributed by atoms with van der Waals surface area (Å²) in [6.45, 7) is 5.00. The lowest BCUT2D eigenvalue weighted by Gasteiger charge is -2.35. The lowest BCUT2D eigenvalue weighted by atomic mass is 10.0. The molecule has 0 bridgehead atoms. The molecule has 0 saturated carbocycles. The largest absolute Gasteiger partial charge is 0.461 e. The van der Waals surface area contributed by atoms with Crippen molar-refractivity contribution in [3.8, 4) is 11.6 Å². The molecule has 1 saturated heterocycles. The van der Waals surface area contributed by atoms with Crippen molar-refractivity contribution in [2.75, 3.05) is 19.6 Å². The molecule has 25 heavy (non-hydrogen) atoms. The Hall–Kier alpha value is -2.15. The molecule has 2 aromatic rings. The van der Waals surface area contributed by atoms with E-state index in [4.69, 9.17) is 8.94 Å². The van der Waals surface area contributed by atoms with Gasteiger partial charge in [0.25, 0.3) is 0 Å². The summed E-state index contributed by atoms with van der Waals surface area (Å²) < 4.78 is 10.4. The molecule has 3 rings (SSSR count). The zero-order chi connectivity index (χ0) is 17.5. The Morgan fingerprint density at radius 1 is 1.44 bits per heavy atom. The first kappa shape index (κ1) is 17.7. The van der Waals surface area contributed by atoms with Gasteiger partial charge in [-0.3, -0.25) is 9.69 Å². The number of hydrogen-bond donors (Lipinski definition) is 1. The number of amides is 1. The minimum atomic E-state index is 0.0165. The van der Waals surface area contributed by atoms with Crippen molar-refractivity contribution in [1.82, 2.24) is 20.4 Å². The van der Waals surface area contributed by atoms with Crippen molar-refractivity contribution >= 4 is 5.91 Å². The number of carbonyl (C=O) groups is 1. The number of furan rings is 1. The molecule has 1 amide bonds. The van der Waals surface area contributed by atoms with Gasteiger partial charge in [-0.15, -0.1) is 0 Å². The molecule has 1 aliphatic heterocycles. The van der Waals surface area contributed by atoms with Crippen LogP contribution in [0.2, 0.25) is 0 Å². The van der Waals surface area contributed by atoms with Crippen LogP contribution in [0.15, 0.2) is 27.3 Å². The van der Waals surface area contributed by atoms with Crippen molar-refractivity contribution in [1.29, 1.82) is 0 Å². The van der Waals surface area contributed by atoms with Crippen LogP contribution in [0.25, 0.3) is 11.6 Å². The third-order valence-electron chi connectivity index (χ3n) is 4.72. The Kier molecular flexibility index (Phi) is 6.22. The third-order valence-corrected chi connectivity index (χ3v) is 4.72. The second-order valence-corrected chi connectivity index (χ2v) is 6.43. The zero-order valence-electron chi connectivity index (χ0n) is 14.7. The number of aromatic nitrogens is 2. The van der Waals surface area contributed by atoms with E-state index in [1.165, 1.54) is 25.7 Å². The minimum Gasteiger partial charge on any atom is -0.461 e. The normalized spacial score (nSPS) is 18.4. The van der Waals surface area contributed by atoms with Gasteiger partial charge < -0.3 is 14.3 Å². The first-order valence-electron chi connectivity index (χ1n) is 9.13. The smallest absolute Gasteiger partial charge is 0.238 e. The third kappa shape index (κ3) is 4.92. The molecule has 3 heterocycles. The average Bonchev–Trinajstić information content (AvgIpc) is 3.32. The highest BCUT2D eigenvalue weighted by molar-refractivity contribution is 5.76. The summed E-state index contributed by atoms with van der Waals surface area (Å²) in [6, 6.07) is 4.21. The number of hydrogen-bond acceptors (Lipinski definition) is 6. The van der Waals surface area contributed by atoms with Crippen LogP contribution in [-0.4, -0.2) is 46.6 Å². The van der Waals surface area contributed by atoms with Gasteiger partial charge in [0.15, 0.2) is 5.76 Å². The molecule has 1 aliphatic rings. The molecule has 0 unspecified atom stereocenters.